The molecule has 8 nitrogen and oxygen atoms in total. The predicted octanol–water partition coefficient (Wildman–Crippen LogP) is 4.09. The van der Waals surface area contributed by atoms with Crippen molar-refractivity contribution in [3.63, 3.8) is 0 Å². The van der Waals surface area contributed by atoms with Gasteiger partial charge in [0.1, 0.15) is 11.5 Å². The summed E-state index contributed by atoms with van der Waals surface area (Å²) in [4.78, 5) is 17.1. The topological polar surface area (TPSA) is 112 Å². The number of benzene rings is 2. The van der Waals surface area contributed by atoms with Gasteiger partial charge in [0.05, 0.1) is 6.54 Å². The summed E-state index contributed by atoms with van der Waals surface area (Å²) in [6, 6.07) is 14.7. The molecule has 0 radical (unpaired) electrons. The standard InChI is InChI=1S/C21H19ClN6O2/c1-12-6-3-4-9-16(12)24-20(29)18-19(23)28(27-26-18)11-17-13(2)30-21(25-17)14-7-5-8-15(22)10-14/h3-10H,11,23H2,1-2H3,(H,24,29). The smallest absolute Gasteiger partial charge is 0.280 e. The molecule has 0 bridgehead atoms. The SMILES string of the molecule is Cc1ccccc1NC(=O)c1nnn(Cc2nc(-c3cccc(Cl)c3)oc2C)c1N. The van der Waals surface area contributed by atoms with Gasteiger partial charge in [0.25, 0.3) is 5.91 Å². The van der Waals surface area contributed by atoms with Gasteiger partial charge < -0.3 is 15.5 Å². The molecule has 152 valence electrons. The van der Waals surface area contributed by atoms with E-state index in [2.05, 4.69) is 20.6 Å². The Balaban J connectivity index is 1.55. The Morgan fingerprint density at radius 3 is 2.77 bits per heavy atom. The Morgan fingerprint density at radius 1 is 1.20 bits per heavy atom. The molecule has 0 aliphatic heterocycles. The van der Waals surface area contributed by atoms with Crippen molar-refractivity contribution in [3.05, 3.63) is 76.3 Å². The molecule has 1 amide bonds. The van der Waals surface area contributed by atoms with E-state index < -0.39 is 5.91 Å². The predicted molar refractivity (Wildman–Crippen MR) is 114 cm³/mol. The van der Waals surface area contributed by atoms with E-state index in [-0.39, 0.29) is 18.1 Å². The summed E-state index contributed by atoms with van der Waals surface area (Å²) < 4.78 is 7.18. The van der Waals surface area contributed by atoms with Gasteiger partial charge in [-0.1, -0.05) is 41.1 Å². The third-order valence-corrected chi connectivity index (χ3v) is 4.88. The largest absolute Gasteiger partial charge is 0.441 e. The molecule has 2 aromatic carbocycles. The molecule has 0 saturated carbocycles. The molecule has 4 aromatic rings. The van der Waals surface area contributed by atoms with Gasteiger partial charge in [-0.2, -0.15) is 0 Å². The van der Waals surface area contributed by atoms with Gasteiger partial charge in [-0.25, -0.2) is 9.67 Å². The highest BCUT2D eigenvalue weighted by atomic mass is 35.5. The lowest BCUT2D eigenvalue weighted by Gasteiger charge is -2.07. The number of hydrogen-bond donors (Lipinski definition) is 2. The summed E-state index contributed by atoms with van der Waals surface area (Å²) in [6.45, 7) is 3.92. The highest BCUT2D eigenvalue weighted by Gasteiger charge is 2.20. The number of carbonyl (C=O) groups is 1. The lowest BCUT2D eigenvalue weighted by atomic mass is 10.2. The normalized spacial score (nSPS) is 10.9. The molecule has 0 spiro atoms. The summed E-state index contributed by atoms with van der Waals surface area (Å²) in [7, 11) is 0. The molecule has 0 aliphatic carbocycles. The third kappa shape index (κ3) is 3.90. The number of amides is 1. The number of nitrogens with two attached hydrogens (primary N) is 1. The Labute approximate surface area is 177 Å². The fourth-order valence-electron chi connectivity index (χ4n) is 2.96. The van der Waals surface area contributed by atoms with Crippen LogP contribution in [0.3, 0.4) is 0 Å². The van der Waals surface area contributed by atoms with Crippen LogP contribution in [0.1, 0.15) is 27.5 Å². The van der Waals surface area contributed by atoms with Gasteiger partial charge in [-0.05, 0) is 43.7 Å². The number of oxazole rings is 1. The van der Waals surface area contributed by atoms with Crippen molar-refractivity contribution < 1.29 is 9.21 Å². The Kier molecular flexibility index (Phi) is 5.24. The average Bonchev–Trinajstić information content (AvgIpc) is 3.27. The fourth-order valence-corrected chi connectivity index (χ4v) is 3.15. The first kappa shape index (κ1) is 19.7. The number of para-hydroxylation sites is 1. The first-order chi connectivity index (χ1) is 14.4. The maximum atomic E-state index is 12.6. The van der Waals surface area contributed by atoms with Gasteiger partial charge in [0, 0.05) is 16.3 Å². The van der Waals surface area contributed by atoms with E-state index in [1.165, 1.54) is 4.68 Å². The molecular weight excluding hydrogens is 404 g/mol. The first-order valence-corrected chi connectivity index (χ1v) is 9.58. The summed E-state index contributed by atoms with van der Waals surface area (Å²) in [5.41, 5.74) is 9.20. The van der Waals surface area contributed by atoms with Crippen molar-refractivity contribution in [3.8, 4) is 11.5 Å². The average molecular weight is 423 g/mol. The number of nitrogens with one attached hydrogen (secondary N) is 1. The number of anilines is 2. The van der Waals surface area contributed by atoms with Crippen molar-refractivity contribution in [2.75, 3.05) is 11.1 Å². The summed E-state index contributed by atoms with van der Waals surface area (Å²) in [6.07, 6.45) is 0. The fraction of sp³-hybridized carbons (Fsp3) is 0.143. The van der Waals surface area contributed by atoms with Gasteiger partial charge in [-0.3, -0.25) is 4.79 Å². The van der Waals surface area contributed by atoms with Crippen molar-refractivity contribution in [1.82, 2.24) is 20.0 Å². The van der Waals surface area contributed by atoms with Gasteiger partial charge in [0.2, 0.25) is 5.89 Å². The molecule has 0 atom stereocenters. The molecular formula is C21H19ClN6O2. The van der Waals surface area contributed by atoms with Crippen LogP contribution in [0.25, 0.3) is 11.5 Å². The van der Waals surface area contributed by atoms with Gasteiger partial charge >= 0.3 is 0 Å². The van der Waals surface area contributed by atoms with Gasteiger partial charge in [-0.15, -0.1) is 5.10 Å². The molecule has 4 rings (SSSR count). The highest BCUT2D eigenvalue weighted by molar-refractivity contribution is 6.30. The number of halogens is 1. The third-order valence-electron chi connectivity index (χ3n) is 4.65. The van der Waals surface area contributed by atoms with Crippen LogP contribution in [0.5, 0.6) is 0 Å². The lowest BCUT2D eigenvalue weighted by molar-refractivity contribution is 0.102. The first-order valence-electron chi connectivity index (χ1n) is 9.20. The lowest BCUT2D eigenvalue weighted by Crippen LogP contribution is -2.16. The van der Waals surface area contributed by atoms with Crippen LogP contribution in [0, 0.1) is 13.8 Å². The number of aryl methyl sites for hydroxylation is 2. The van der Waals surface area contributed by atoms with E-state index in [9.17, 15) is 4.79 Å². The summed E-state index contributed by atoms with van der Waals surface area (Å²) >= 11 is 6.05. The summed E-state index contributed by atoms with van der Waals surface area (Å²) in [5, 5.41) is 11.4. The van der Waals surface area contributed by atoms with Crippen molar-refractivity contribution in [2.24, 2.45) is 0 Å². The number of nitrogens with zero attached hydrogens (tertiary/aromatic N) is 4. The van der Waals surface area contributed by atoms with Crippen LogP contribution < -0.4 is 11.1 Å². The Hall–Kier alpha value is -3.65. The van der Waals surface area contributed by atoms with Crippen molar-refractivity contribution in [1.29, 1.82) is 0 Å². The van der Waals surface area contributed by atoms with E-state index in [0.717, 1.165) is 11.1 Å². The van der Waals surface area contributed by atoms with Gasteiger partial charge in [0.15, 0.2) is 11.5 Å². The molecule has 0 unspecified atom stereocenters. The van der Waals surface area contributed by atoms with E-state index in [1.807, 2.05) is 43.3 Å². The van der Waals surface area contributed by atoms with E-state index in [1.54, 1.807) is 19.1 Å². The molecule has 9 heteroatoms. The zero-order valence-corrected chi connectivity index (χ0v) is 17.1. The molecule has 0 aliphatic rings. The number of rotatable bonds is 5. The second kappa shape index (κ2) is 8.00. The summed E-state index contributed by atoms with van der Waals surface area (Å²) in [5.74, 6) is 0.782. The maximum Gasteiger partial charge on any atom is 0.280 e. The number of hydrogen-bond acceptors (Lipinski definition) is 6. The molecule has 2 heterocycles. The molecule has 2 aromatic heterocycles. The maximum absolute atomic E-state index is 12.6. The minimum Gasteiger partial charge on any atom is -0.441 e. The van der Waals surface area contributed by atoms with Crippen LogP contribution >= 0.6 is 11.6 Å². The van der Waals surface area contributed by atoms with Crippen LogP contribution in [0.15, 0.2) is 52.9 Å². The molecule has 3 N–H and O–H groups in total. The Morgan fingerprint density at radius 2 is 2.00 bits per heavy atom. The quantitative estimate of drug-likeness (QED) is 0.501. The zero-order valence-electron chi connectivity index (χ0n) is 16.4. The second-order valence-corrected chi connectivity index (χ2v) is 7.22. The van der Waals surface area contributed by atoms with Crippen LogP contribution in [0.2, 0.25) is 5.02 Å². The molecule has 0 fully saturated rings. The second-order valence-electron chi connectivity index (χ2n) is 6.78. The monoisotopic (exact) mass is 422 g/mol. The van der Waals surface area contributed by atoms with Crippen molar-refractivity contribution >= 4 is 29.0 Å². The minimum atomic E-state index is -0.426. The minimum absolute atomic E-state index is 0.0504. The van der Waals surface area contributed by atoms with Crippen LogP contribution in [0.4, 0.5) is 11.5 Å². The Bertz CT molecular complexity index is 1230. The van der Waals surface area contributed by atoms with Crippen molar-refractivity contribution in [2.45, 2.75) is 20.4 Å². The van der Waals surface area contributed by atoms with E-state index in [0.29, 0.717) is 28.1 Å². The van der Waals surface area contributed by atoms with Crippen LogP contribution in [-0.2, 0) is 6.54 Å². The number of carbonyl (C=O) groups excluding carboxylic acids is 1. The van der Waals surface area contributed by atoms with E-state index in [4.69, 9.17) is 21.8 Å². The van der Waals surface area contributed by atoms with E-state index >= 15 is 0 Å². The molecule has 0 saturated heterocycles. The number of aromatic nitrogens is 4. The zero-order chi connectivity index (χ0) is 21.3. The van der Waals surface area contributed by atoms with Crippen LogP contribution in [-0.4, -0.2) is 25.9 Å². The molecule has 30 heavy (non-hydrogen) atoms. The highest BCUT2D eigenvalue weighted by Crippen LogP contribution is 2.25. The number of nitrogen functional groups attached to an aromatic ring is 1.